The monoisotopic (exact) mass is 289 g/mol. The van der Waals surface area contributed by atoms with E-state index in [9.17, 15) is 4.79 Å². The van der Waals surface area contributed by atoms with Gasteiger partial charge in [-0.3, -0.25) is 4.79 Å². The molecule has 0 saturated heterocycles. The molecule has 2 aromatic heterocycles. The van der Waals surface area contributed by atoms with Crippen LogP contribution in [0.15, 0.2) is 6.07 Å². The van der Waals surface area contributed by atoms with Crippen molar-refractivity contribution in [3.05, 3.63) is 23.3 Å². The second-order valence-corrected chi connectivity index (χ2v) is 6.64. The lowest BCUT2D eigenvalue weighted by Gasteiger charge is -2.34. The van der Waals surface area contributed by atoms with E-state index in [1.54, 1.807) is 16.5 Å². The summed E-state index contributed by atoms with van der Waals surface area (Å²) >= 11 is 0. The summed E-state index contributed by atoms with van der Waals surface area (Å²) in [5, 5.41) is 4.29. The number of amides is 1. The van der Waals surface area contributed by atoms with Crippen molar-refractivity contribution in [3.63, 3.8) is 0 Å². The van der Waals surface area contributed by atoms with Crippen LogP contribution in [0.3, 0.4) is 0 Å². The molecule has 1 amide bonds. The average molecular weight is 289 g/mol. The standard InChI is InChI=1S/C15H23N5O/c1-9-8-10(2)20-14(16-9)17-12(18-20)13(21)19(7)11(3)15(4,5)6/h8,11H,1-7H3. The van der Waals surface area contributed by atoms with Crippen LogP contribution in [0.25, 0.3) is 5.78 Å². The molecule has 0 fully saturated rings. The summed E-state index contributed by atoms with van der Waals surface area (Å²) in [6, 6.07) is 1.99. The van der Waals surface area contributed by atoms with Gasteiger partial charge in [0.1, 0.15) is 0 Å². The van der Waals surface area contributed by atoms with Gasteiger partial charge in [-0.25, -0.2) is 9.50 Å². The van der Waals surface area contributed by atoms with Crippen molar-refractivity contribution in [2.75, 3.05) is 7.05 Å². The van der Waals surface area contributed by atoms with E-state index in [4.69, 9.17) is 0 Å². The Morgan fingerprint density at radius 2 is 1.90 bits per heavy atom. The van der Waals surface area contributed by atoms with E-state index in [1.807, 2.05) is 26.8 Å². The molecule has 0 spiro atoms. The smallest absolute Gasteiger partial charge is 0.293 e. The SMILES string of the molecule is Cc1cc(C)n2nc(C(=O)N(C)C(C)C(C)(C)C)nc2n1. The molecule has 0 aliphatic carbocycles. The van der Waals surface area contributed by atoms with Crippen LogP contribution < -0.4 is 0 Å². The molecular formula is C15H23N5O. The van der Waals surface area contributed by atoms with Crippen LogP contribution in [0.2, 0.25) is 0 Å². The maximum absolute atomic E-state index is 12.6. The minimum absolute atomic E-state index is 0.00563. The predicted octanol–water partition coefficient (Wildman–Crippen LogP) is 2.25. The summed E-state index contributed by atoms with van der Waals surface area (Å²) in [5.41, 5.74) is 1.77. The maximum Gasteiger partial charge on any atom is 0.293 e. The third-order valence-corrected chi connectivity index (χ3v) is 3.96. The predicted molar refractivity (Wildman–Crippen MR) is 81.3 cm³/mol. The number of rotatable bonds is 2. The van der Waals surface area contributed by atoms with Gasteiger partial charge in [0.05, 0.1) is 0 Å². The molecule has 0 bridgehead atoms. The lowest BCUT2D eigenvalue weighted by atomic mass is 9.87. The highest BCUT2D eigenvalue weighted by molar-refractivity contribution is 5.91. The quantitative estimate of drug-likeness (QED) is 0.850. The van der Waals surface area contributed by atoms with Gasteiger partial charge in [-0.1, -0.05) is 20.8 Å². The van der Waals surface area contributed by atoms with Gasteiger partial charge in [0.25, 0.3) is 11.7 Å². The zero-order valence-electron chi connectivity index (χ0n) is 13.8. The summed E-state index contributed by atoms with van der Waals surface area (Å²) in [7, 11) is 1.79. The molecular weight excluding hydrogens is 266 g/mol. The van der Waals surface area contributed by atoms with Crippen LogP contribution in [0.4, 0.5) is 0 Å². The Balaban J connectivity index is 2.38. The largest absolute Gasteiger partial charge is 0.336 e. The Kier molecular flexibility index (Phi) is 3.74. The van der Waals surface area contributed by atoms with Crippen LogP contribution in [0, 0.1) is 19.3 Å². The first-order valence-corrected chi connectivity index (χ1v) is 7.09. The number of aryl methyl sites for hydroxylation is 2. The Morgan fingerprint density at radius 1 is 1.29 bits per heavy atom. The summed E-state index contributed by atoms with van der Waals surface area (Å²) in [5.74, 6) is 0.474. The third-order valence-electron chi connectivity index (χ3n) is 3.96. The Bertz CT molecular complexity index is 683. The van der Waals surface area contributed by atoms with Crippen molar-refractivity contribution >= 4 is 11.7 Å². The van der Waals surface area contributed by atoms with Crippen LogP contribution in [-0.2, 0) is 0 Å². The van der Waals surface area contributed by atoms with E-state index in [0.717, 1.165) is 11.4 Å². The molecule has 6 nitrogen and oxygen atoms in total. The third kappa shape index (κ3) is 2.89. The molecule has 0 aliphatic rings. The number of hydrogen-bond acceptors (Lipinski definition) is 4. The Hall–Kier alpha value is -1.98. The second kappa shape index (κ2) is 5.09. The fourth-order valence-corrected chi connectivity index (χ4v) is 2.17. The Labute approximate surface area is 125 Å². The lowest BCUT2D eigenvalue weighted by molar-refractivity contribution is 0.0617. The van der Waals surface area contributed by atoms with Crippen molar-refractivity contribution < 1.29 is 4.79 Å². The zero-order chi connectivity index (χ0) is 15.9. The molecule has 0 radical (unpaired) electrons. The molecule has 0 N–H and O–H groups in total. The number of carbonyl (C=O) groups is 1. The van der Waals surface area contributed by atoms with Crippen molar-refractivity contribution in [1.29, 1.82) is 0 Å². The van der Waals surface area contributed by atoms with Gasteiger partial charge in [0, 0.05) is 24.5 Å². The van der Waals surface area contributed by atoms with Crippen LogP contribution >= 0.6 is 0 Å². The highest BCUT2D eigenvalue weighted by atomic mass is 16.2. The molecule has 1 atom stereocenters. The van der Waals surface area contributed by atoms with Gasteiger partial charge >= 0.3 is 0 Å². The van der Waals surface area contributed by atoms with Gasteiger partial charge in [-0.2, -0.15) is 4.98 Å². The van der Waals surface area contributed by atoms with Crippen molar-refractivity contribution in [2.45, 2.75) is 47.6 Å². The van der Waals surface area contributed by atoms with Crippen LogP contribution in [0.5, 0.6) is 0 Å². The van der Waals surface area contributed by atoms with E-state index in [1.165, 1.54) is 0 Å². The normalized spacial score (nSPS) is 13.5. The molecule has 0 aromatic carbocycles. The van der Waals surface area contributed by atoms with Crippen molar-refractivity contribution in [2.24, 2.45) is 5.41 Å². The van der Waals surface area contributed by atoms with E-state index in [2.05, 4.69) is 35.8 Å². The van der Waals surface area contributed by atoms with E-state index in [-0.39, 0.29) is 23.2 Å². The molecule has 2 aromatic rings. The van der Waals surface area contributed by atoms with Gasteiger partial charge in [0.15, 0.2) is 0 Å². The average Bonchev–Trinajstić information content (AvgIpc) is 2.79. The first-order valence-electron chi connectivity index (χ1n) is 7.09. The fraction of sp³-hybridized carbons (Fsp3) is 0.600. The molecule has 114 valence electrons. The molecule has 2 heterocycles. The second-order valence-electron chi connectivity index (χ2n) is 6.64. The van der Waals surface area contributed by atoms with Crippen LogP contribution in [0.1, 0.15) is 49.7 Å². The number of carbonyl (C=O) groups excluding carboxylic acids is 1. The molecule has 0 saturated carbocycles. The van der Waals surface area contributed by atoms with Crippen molar-refractivity contribution in [1.82, 2.24) is 24.5 Å². The molecule has 0 aliphatic heterocycles. The van der Waals surface area contributed by atoms with Crippen LogP contribution in [-0.4, -0.2) is 43.5 Å². The van der Waals surface area contributed by atoms with E-state index < -0.39 is 0 Å². The fourth-order valence-electron chi connectivity index (χ4n) is 2.17. The molecule has 1 unspecified atom stereocenters. The summed E-state index contributed by atoms with van der Waals surface area (Å²) in [4.78, 5) is 22.8. The Morgan fingerprint density at radius 3 is 2.48 bits per heavy atom. The summed E-state index contributed by atoms with van der Waals surface area (Å²) in [6.07, 6.45) is 0. The number of fused-ring (bicyclic) bond motifs is 1. The maximum atomic E-state index is 12.6. The van der Waals surface area contributed by atoms with Gasteiger partial charge < -0.3 is 4.90 Å². The molecule has 6 heteroatoms. The topological polar surface area (TPSA) is 63.4 Å². The highest BCUT2D eigenvalue weighted by Crippen LogP contribution is 2.23. The number of aromatic nitrogens is 4. The van der Waals surface area contributed by atoms with Gasteiger partial charge in [-0.05, 0) is 32.3 Å². The molecule has 21 heavy (non-hydrogen) atoms. The number of hydrogen-bond donors (Lipinski definition) is 0. The lowest BCUT2D eigenvalue weighted by Crippen LogP contribution is -2.43. The van der Waals surface area contributed by atoms with E-state index >= 15 is 0 Å². The first kappa shape index (κ1) is 15.4. The van der Waals surface area contributed by atoms with E-state index in [0.29, 0.717) is 5.78 Å². The minimum Gasteiger partial charge on any atom is -0.336 e. The highest BCUT2D eigenvalue weighted by Gasteiger charge is 2.29. The summed E-state index contributed by atoms with van der Waals surface area (Å²) in [6.45, 7) is 12.2. The van der Waals surface area contributed by atoms with Crippen molar-refractivity contribution in [3.8, 4) is 0 Å². The number of nitrogens with zero attached hydrogens (tertiary/aromatic N) is 5. The minimum atomic E-state index is -0.181. The van der Waals surface area contributed by atoms with Gasteiger partial charge in [-0.15, -0.1) is 5.10 Å². The summed E-state index contributed by atoms with van der Waals surface area (Å²) < 4.78 is 1.61. The first-order chi connectivity index (χ1) is 9.61. The molecule has 2 rings (SSSR count). The van der Waals surface area contributed by atoms with Gasteiger partial charge in [0.2, 0.25) is 5.82 Å². The zero-order valence-corrected chi connectivity index (χ0v) is 13.8.